The van der Waals surface area contributed by atoms with Gasteiger partial charge in [-0.05, 0) is 25.6 Å². The van der Waals surface area contributed by atoms with Crippen molar-refractivity contribution in [1.82, 2.24) is 13.9 Å². The van der Waals surface area contributed by atoms with E-state index < -0.39 is 10.2 Å². The minimum atomic E-state index is -3.31. The minimum absolute atomic E-state index is 0.0845. The number of nitrogens with one attached hydrogen (secondary N) is 1. The molecule has 1 saturated heterocycles. The highest BCUT2D eigenvalue weighted by molar-refractivity contribution is 7.98. The van der Waals surface area contributed by atoms with Crippen LogP contribution in [-0.2, 0) is 10.2 Å². The predicted octanol–water partition coefficient (Wildman–Crippen LogP) is 0.600. The third-order valence-electron chi connectivity index (χ3n) is 3.33. The van der Waals surface area contributed by atoms with Gasteiger partial charge in [-0.25, -0.2) is 0 Å². The van der Waals surface area contributed by atoms with Gasteiger partial charge in [0.2, 0.25) is 0 Å². The Labute approximate surface area is 115 Å². The summed E-state index contributed by atoms with van der Waals surface area (Å²) in [4.78, 5) is 0. The van der Waals surface area contributed by atoms with E-state index in [1.165, 1.54) is 0 Å². The Morgan fingerprint density at radius 1 is 1.39 bits per heavy atom. The molecule has 1 aliphatic heterocycles. The van der Waals surface area contributed by atoms with Crippen LogP contribution >= 0.6 is 11.8 Å². The molecule has 0 spiro atoms. The second-order valence-corrected chi connectivity index (χ2v) is 7.44. The third-order valence-corrected chi connectivity index (χ3v) is 6.10. The molecule has 0 bridgehead atoms. The molecule has 7 heteroatoms. The number of thioether (sulfide) groups is 1. The summed E-state index contributed by atoms with van der Waals surface area (Å²) in [7, 11) is -1.60. The van der Waals surface area contributed by atoms with E-state index in [9.17, 15) is 8.42 Å². The summed E-state index contributed by atoms with van der Waals surface area (Å²) in [6.07, 6.45) is 3.74. The first-order valence-corrected chi connectivity index (χ1v) is 9.25. The van der Waals surface area contributed by atoms with Crippen molar-refractivity contribution >= 4 is 22.0 Å². The van der Waals surface area contributed by atoms with Crippen LogP contribution in [0, 0.1) is 0 Å². The zero-order chi connectivity index (χ0) is 13.6. The van der Waals surface area contributed by atoms with Gasteiger partial charge >= 0.3 is 0 Å². The molecule has 0 saturated carbocycles. The van der Waals surface area contributed by atoms with E-state index in [1.54, 1.807) is 27.4 Å². The second-order valence-electron chi connectivity index (χ2n) is 4.54. The van der Waals surface area contributed by atoms with Gasteiger partial charge in [0, 0.05) is 38.5 Å². The van der Waals surface area contributed by atoms with Crippen LogP contribution in [0.15, 0.2) is 0 Å². The molecule has 0 aromatic carbocycles. The number of rotatable bonds is 6. The summed E-state index contributed by atoms with van der Waals surface area (Å²) in [5.41, 5.74) is 0. The lowest BCUT2D eigenvalue weighted by molar-refractivity contribution is 0.330. The van der Waals surface area contributed by atoms with Crippen LogP contribution in [0.4, 0.5) is 0 Å². The van der Waals surface area contributed by atoms with Crippen molar-refractivity contribution in [2.45, 2.75) is 25.8 Å². The fourth-order valence-electron chi connectivity index (χ4n) is 2.09. The maximum absolute atomic E-state index is 12.5. The molecule has 0 aromatic rings. The van der Waals surface area contributed by atoms with Gasteiger partial charge in [0.05, 0.1) is 0 Å². The molecule has 1 atom stereocenters. The average Bonchev–Trinajstić information content (AvgIpc) is 2.64. The van der Waals surface area contributed by atoms with Crippen molar-refractivity contribution in [3.8, 4) is 0 Å². The summed E-state index contributed by atoms with van der Waals surface area (Å²) < 4.78 is 28.2. The Morgan fingerprint density at radius 2 is 2.11 bits per heavy atom. The smallest absolute Gasteiger partial charge is 0.282 e. The molecule has 0 radical (unpaired) electrons. The van der Waals surface area contributed by atoms with Crippen molar-refractivity contribution in [2.24, 2.45) is 0 Å². The summed E-state index contributed by atoms with van der Waals surface area (Å²) in [6.45, 7) is 4.87. The molecule has 108 valence electrons. The average molecular weight is 295 g/mol. The standard InChI is InChI=1S/C11H25N3O2S2/c1-4-11(10-17-3)13(2)18(15,16)14-8-5-6-12-7-9-14/h11-12H,4-10H2,1-3H3. The first kappa shape index (κ1) is 16.2. The van der Waals surface area contributed by atoms with E-state index >= 15 is 0 Å². The molecule has 0 aliphatic carbocycles. The Balaban J connectivity index is 2.76. The minimum Gasteiger partial charge on any atom is -0.315 e. The van der Waals surface area contributed by atoms with Crippen molar-refractivity contribution in [2.75, 3.05) is 45.2 Å². The van der Waals surface area contributed by atoms with E-state index in [4.69, 9.17) is 0 Å². The zero-order valence-electron chi connectivity index (χ0n) is 11.6. The molecule has 18 heavy (non-hydrogen) atoms. The summed E-state index contributed by atoms with van der Waals surface area (Å²) in [5, 5.41) is 3.23. The van der Waals surface area contributed by atoms with Crippen LogP contribution in [0.1, 0.15) is 19.8 Å². The highest BCUT2D eigenvalue weighted by atomic mass is 32.2. The fourth-order valence-corrected chi connectivity index (χ4v) is 4.68. The quantitative estimate of drug-likeness (QED) is 0.780. The highest BCUT2D eigenvalue weighted by Gasteiger charge is 2.31. The van der Waals surface area contributed by atoms with Gasteiger partial charge in [0.15, 0.2) is 0 Å². The van der Waals surface area contributed by atoms with Crippen LogP contribution in [-0.4, -0.2) is 68.3 Å². The Hall–Kier alpha value is 0.180. The molecule has 1 heterocycles. The Bertz CT molecular complexity index is 327. The Kier molecular flexibility index (Phi) is 6.94. The lowest BCUT2D eigenvalue weighted by Crippen LogP contribution is -2.48. The summed E-state index contributed by atoms with van der Waals surface area (Å²) in [5.74, 6) is 0.846. The van der Waals surface area contributed by atoms with E-state index in [1.807, 2.05) is 13.2 Å². The van der Waals surface area contributed by atoms with Crippen LogP contribution in [0.3, 0.4) is 0 Å². The molecule has 1 fully saturated rings. The number of nitrogens with zero attached hydrogens (tertiary/aromatic N) is 2. The van der Waals surface area contributed by atoms with Gasteiger partial charge in [0.1, 0.15) is 0 Å². The predicted molar refractivity (Wildman–Crippen MR) is 78.2 cm³/mol. The Morgan fingerprint density at radius 3 is 2.72 bits per heavy atom. The fraction of sp³-hybridized carbons (Fsp3) is 1.00. The SMILES string of the molecule is CCC(CSC)N(C)S(=O)(=O)N1CCCNCC1. The van der Waals surface area contributed by atoms with Gasteiger partial charge in [0.25, 0.3) is 10.2 Å². The van der Waals surface area contributed by atoms with Gasteiger partial charge in [-0.3, -0.25) is 0 Å². The van der Waals surface area contributed by atoms with Gasteiger partial charge in [-0.15, -0.1) is 0 Å². The van der Waals surface area contributed by atoms with E-state index in [2.05, 4.69) is 5.32 Å². The maximum Gasteiger partial charge on any atom is 0.282 e. The van der Waals surface area contributed by atoms with Crippen LogP contribution in [0.5, 0.6) is 0 Å². The van der Waals surface area contributed by atoms with Gasteiger partial charge in [-0.1, -0.05) is 6.92 Å². The van der Waals surface area contributed by atoms with E-state index in [-0.39, 0.29) is 6.04 Å². The molecule has 0 aromatic heterocycles. The molecule has 5 nitrogen and oxygen atoms in total. The van der Waals surface area contributed by atoms with E-state index in [0.29, 0.717) is 13.1 Å². The van der Waals surface area contributed by atoms with E-state index in [0.717, 1.165) is 31.7 Å². The van der Waals surface area contributed by atoms with Crippen molar-refractivity contribution in [3.05, 3.63) is 0 Å². The molecule has 0 amide bonds. The normalized spacial score (nSPS) is 20.9. The topological polar surface area (TPSA) is 52.7 Å². The van der Waals surface area contributed by atoms with Crippen molar-refractivity contribution in [1.29, 1.82) is 0 Å². The lowest BCUT2D eigenvalue weighted by atomic mass is 10.3. The van der Waals surface area contributed by atoms with Crippen LogP contribution in [0.25, 0.3) is 0 Å². The van der Waals surface area contributed by atoms with Gasteiger partial charge in [-0.2, -0.15) is 28.8 Å². The maximum atomic E-state index is 12.5. The largest absolute Gasteiger partial charge is 0.315 e. The first-order valence-electron chi connectivity index (χ1n) is 6.46. The highest BCUT2D eigenvalue weighted by Crippen LogP contribution is 2.16. The zero-order valence-corrected chi connectivity index (χ0v) is 13.2. The monoisotopic (exact) mass is 295 g/mol. The lowest BCUT2D eigenvalue weighted by Gasteiger charge is -2.31. The number of hydrogen-bond donors (Lipinski definition) is 1. The summed E-state index contributed by atoms with van der Waals surface area (Å²) in [6, 6.07) is 0.0845. The first-order chi connectivity index (χ1) is 8.54. The molecular weight excluding hydrogens is 270 g/mol. The van der Waals surface area contributed by atoms with Crippen molar-refractivity contribution in [3.63, 3.8) is 0 Å². The van der Waals surface area contributed by atoms with Gasteiger partial charge < -0.3 is 5.32 Å². The molecule has 1 N–H and O–H groups in total. The molecule has 1 aliphatic rings. The van der Waals surface area contributed by atoms with Crippen LogP contribution < -0.4 is 5.32 Å². The molecule has 1 rings (SSSR count). The second kappa shape index (κ2) is 7.69. The molecular formula is C11H25N3O2S2. The van der Waals surface area contributed by atoms with Crippen molar-refractivity contribution < 1.29 is 8.42 Å². The molecule has 1 unspecified atom stereocenters. The summed E-state index contributed by atoms with van der Waals surface area (Å²) >= 11 is 1.69. The number of hydrogen-bond acceptors (Lipinski definition) is 4. The van der Waals surface area contributed by atoms with Crippen LogP contribution in [0.2, 0.25) is 0 Å². The third kappa shape index (κ3) is 4.09.